The first-order chi connectivity index (χ1) is 12.2. The minimum absolute atomic E-state index is 0.284. The highest BCUT2D eigenvalue weighted by atomic mass is 32.2. The number of rotatable bonds is 0. The molecule has 0 atom stereocenters. The van der Waals surface area contributed by atoms with Crippen molar-refractivity contribution < 1.29 is 8.42 Å². The average Bonchev–Trinajstić information content (AvgIpc) is 3.01. The van der Waals surface area contributed by atoms with E-state index in [1.807, 2.05) is 39.8 Å². The second kappa shape index (κ2) is 10.7. The summed E-state index contributed by atoms with van der Waals surface area (Å²) < 4.78 is 22.5. The Morgan fingerprint density at radius 1 is 0.640 bits per heavy atom. The molecule has 3 aromatic rings. The largest absolute Gasteiger partial charge is 0.224 e. The highest BCUT2D eigenvalue weighted by Gasteiger charge is 2.24. The van der Waals surface area contributed by atoms with Crippen LogP contribution in [0, 0.1) is 0 Å². The standard InChI is InChI=1S/C10H8.C8H8O2S.2C2H6/c1-2-6-10-8-4-3-7-9(10)5-1;9-11(10)6-5-7-3-1-2-4-8(7)11;2*1-2/h1-8H;1-4H,5-6H2;2*1-2H3. The Bertz CT molecular complexity index is 802. The number of benzene rings is 3. The van der Waals surface area contributed by atoms with E-state index in [-0.39, 0.29) is 5.75 Å². The molecule has 25 heavy (non-hydrogen) atoms. The van der Waals surface area contributed by atoms with Crippen LogP contribution in [0.3, 0.4) is 0 Å². The molecule has 0 aliphatic carbocycles. The monoisotopic (exact) mass is 356 g/mol. The number of hydrogen-bond acceptors (Lipinski definition) is 2. The van der Waals surface area contributed by atoms with Gasteiger partial charge in [-0.1, -0.05) is 94.4 Å². The molecular weight excluding hydrogens is 328 g/mol. The molecule has 0 bridgehead atoms. The van der Waals surface area contributed by atoms with Crippen LogP contribution in [0.1, 0.15) is 33.3 Å². The van der Waals surface area contributed by atoms with Crippen molar-refractivity contribution in [1.29, 1.82) is 0 Å². The zero-order chi connectivity index (χ0) is 18.7. The van der Waals surface area contributed by atoms with Crippen molar-refractivity contribution in [2.45, 2.75) is 39.0 Å². The fourth-order valence-corrected chi connectivity index (χ4v) is 4.06. The van der Waals surface area contributed by atoms with Gasteiger partial charge < -0.3 is 0 Å². The van der Waals surface area contributed by atoms with Crippen molar-refractivity contribution in [3.63, 3.8) is 0 Å². The van der Waals surface area contributed by atoms with Gasteiger partial charge in [0.1, 0.15) is 0 Å². The van der Waals surface area contributed by atoms with Gasteiger partial charge in [0, 0.05) is 0 Å². The molecule has 0 fully saturated rings. The predicted octanol–water partition coefficient (Wildman–Crippen LogP) is 5.91. The predicted molar refractivity (Wildman–Crippen MR) is 109 cm³/mol. The van der Waals surface area contributed by atoms with E-state index in [1.165, 1.54) is 10.8 Å². The van der Waals surface area contributed by atoms with E-state index in [4.69, 9.17) is 0 Å². The molecule has 1 aliphatic heterocycles. The van der Waals surface area contributed by atoms with Crippen LogP contribution < -0.4 is 0 Å². The van der Waals surface area contributed by atoms with Crippen LogP contribution in [0.2, 0.25) is 0 Å². The molecule has 2 nitrogen and oxygen atoms in total. The van der Waals surface area contributed by atoms with E-state index in [1.54, 1.807) is 12.1 Å². The Kier molecular flexibility index (Phi) is 8.93. The van der Waals surface area contributed by atoms with Crippen LogP contribution >= 0.6 is 0 Å². The first-order valence-electron chi connectivity index (χ1n) is 8.91. The van der Waals surface area contributed by atoms with Gasteiger partial charge in [-0.2, -0.15) is 0 Å². The van der Waals surface area contributed by atoms with E-state index in [0.29, 0.717) is 11.3 Å². The molecule has 0 radical (unpaired) electrons. The summed E-state index contributed by atoms with van der Waals surface area (Å²) in [5.74, 6) is 0.284. The molecule has 1 heterocycles. The van der Waals surface area contributed by atoms with E-state index in [2.05, 4.69) is 48.5 Å². The summed E-state index contributed by atoms with van der Waals surface area (Å²) in [5.41, 5.74) is 0.965. The third-order valence-electron chi connectivity index (χ3n) is 3.61. The molecule has 0 unspecified atom stereocenters. The molecule has 0 aromatic heterocycles. The van der Waals surface area contributed by atoms with Gasteiger partial charge in [-0.15, -0.1) is 0 Å². The topological polar surface area (TPSA) is 34.1 Å². The lowest BCUT2D eigenvalue weighted by molar-refractivity contribution is 0.600. The summed E-state index contributed by atoms with van der Waals surface area (Å²) in [4.78, 5) is 0.528. The van der Waals surface area contributed by atoms with Gasteiger partial charge in [0.15, 0.2) is 9.84 Å². The zero-order valence-corrected chi connectivity index (χ0v) is 16.4. The molecule has 0 amide bonds. The molecule has 1 aliphatic rings. The first kappa shape index (κ1) is 20.9. The third kappa shape index (κ3) is 5.71. The number of sulfone groups is 1. The van der Waals surface area contributed by atoms with Crippen molar-refractivity contribution in [3.05, 3.63) is 78.4 Å². The Labute approximate surface area is 152 Å². The lowest BCUT2D eigenvalue weighted by Crippen LogP contribution is -1.97. The molecule has 3 heteroatoms. The van der Waals surface area contributed by atoms with E-state index in [9.17, 15) is 8.42 Å². The van der Waals surface area contributed by atoms with Crippen molar-refractivity contribution in [1.82, 2.24) is 0 Å². The average molecular weight is 357 g/mol. The van der Waals surface area contributed by atoms with Crippen molar-refractivity contribution in [2.24, 2.45) is 0 Å². The number of fused-ring (bicyclic) bond motifs is 2. The molecule has 3 aromatic carbocycles. The highest BCUT2D eigenvalue weighted by Crippen LogP contribution is 2.24. The van der Waals surface area contributed by atoms with Crippen molar-refractivity contribution in [3.8, 4) is 0 Å². The summed E-state index contributed by atoms with van der Waals surface area (Å²) in [6.45, 7) is 8.00. The van der Waals surface area contributed by atoms with Crippen molar-refractivity contribution >= 4 is 20.6 Å². The minimum atomic E-state index is -2.91. The smallest absolute Gasteiger partial charge is 0.178 e. The van der Waals surface area contributed by atoms with E-state index < -0.39 is 9.84 Å². The summed E-state index contributed by atoms with van der Waals surface area (Å²) in [7, 11) is -2.91. The lowest BCUT2D eigenvalue weighted by atomic mass is 10.1. The summed E-state index contributed by atoms with van der Waals surface area (Å²) in [6, 6.07) is 23.9. The van der Waals surface area contributed by atoms with Gasteiger partial charge in [0.25, 0.3) is 0 Å². The highest BCUT2D eigenvalue weighted by molar-refractivity contribution is 7.91. The van der Waals surface area contributed by atoms with E-state index in [0.717, 1.165) is 5.56 Å². The normalized spacial score (nSPS) is 13.1. The maximum absolute atomic E-state index is 11.3. The van der Waals surface area contributed by atoms with Crippen LogP contribution in [0.15, 0.2) is 77.7 Å². The summed E-state index contributed by atoms with van der Waals surface area (Å²) in [5, 5.41) is 2.62. The quantitative estimate of drug-likeness (QED) is 0.502. The molecular formula is C22H28O2S. The second-order valence-corrected chi connectivity index (χ2v) is 7.10. The van der Waals surface area contributed by atoms with Gasteiger partial charge in [-0.05, 0) is 28.8 Å². The van der Waals surface area contributed by atoms with Gasteiger partial charge in [-0.3, -0.25) is 0 Å². The van der Waals surface area contributed by atoms with E-state index >= 15 is 0 Å². The van der Waals surface area contributed by atoms with Crippen LogP contribution in [-0.4, -0.2) is 14.2 Å². The molecule has 0 N–H and O–H groups in total. The van der Waals surface area contributed by atoms with Crippen LogP contribution in [-0.2, 0) is 16.3 Å². The fraction of sp³-hybridized carbons (Fsp3) is 0.273. The zero-order valence-electron chi connectivity index (χ0n) is 15.6. The van der Waals surface area contributed by atoms with Crippen LogP contribution in [0.5, 0.6) is 0 Å². The SMILES string of the molecule is CC.CC.O=S1(=O)CCc2ccccc21.c1ccc2ccccc2c1. The Hall–Kier alpha value is -2.13. The molecule has 4 rings (SSSR count). The van der Waals surface area contributed by atoms with Gasteiger partial charge in [-0.25, -0.2) is 8.42 Å². The maximum atomic E-state index is 11.3. The summed E-state index contributed by atoms with van der Waals surface area (Å²) >= 11 is 0. The Morgan fingerprint density at radius 3 is 1.48 bits per heavy atom. The summed E-state index contributed by atoms with van der Waals surface area (Å²) in [6.07, 6.45) is 0.679. The van der Waals surface area contributed by atoms with Crippen molar-refractivity contribution in [2.75, 3.05) is 5.75 Å². The molecule has 0 spiro atoms. The lowest BCUT2D eigenvalue weighted by Gasteiger charge is -1.94. The third-order valence-corrected chi connectivity index (χ3v) is 5.42. The molecule has 134 valence electrons. The Morgan fingerprint density at radius 2 is 1.04 bits per heavy atom. The molecule has 0 saturated heterocycles. The number of aryl methyl sites for hydroxylation is 1. The minimum Gasteiger partial charge on any atom is -0.224 e. The fourth-order valence-electron chi connectivity index (χ4n) is 2.50. The van der Waals surface area contributed by atoms with Gasteiger partial charge in [0.05, 0.1) is 10.6 Å². The van der Waals surface area contributed by atoms with Gasteiger partial charge >= 0.3 is 0 Å². The van der Waals surface area contributed by atoms with Crippen LogP contribution in [0.4, 0.5) is 0 Å². The number of hydrogen-bond donors (Lipinski definition) is 0. The Balaban J connectivity index is 0.000000210. The molecule has 0 saturated carbocycles. The van der Waals surface area contributed by atoms with Crippen LogP contribution in [0.25, 0.3) is 10.8 Å². The van der Waals surface area contributed by atoms with Gasteiger partial charge in [0.2, 0.25) is 0 Å². The maximum Gasteiger partial charge on any atom is 0.178 e. The first-order valence-corrected chi connectivity index (χ1v) is 10.6. The second-order valence-electron chi connectivity index (χ2n) is 5.02.